The second kappa shape index (κ2) is 6.93. The van der Waals surface area contributed by atoms with Gasteiger partial charge in [-0.15, -0.1) is 0 Å². The number of nitrogens with one attached hydrogen (secondary N) is 1. The molecule has 0 saturated heterocycles. The van der Waals surface area contributed by atoms with Gasteiger partial charge in [0.15, 0.2) is 0 Å². The average Bonchev–Trinajstić information content (AvgIpc) is 3.41. The number of aromatic nitrogens is 2. The molecule has 6 heteroatoms. The number of imide groups is 1. The highest BCUT2D eigenvalue weighted by molar-refractivity contribution is 6.50. The summed E-state index contributed by atoms with van der Waals surface area (Å²) in [6.07, 6.45) is 6.76. The van der Waals surface area contributed by atoms with Crippen molar-refractivity contribution in [2.45, 2.75) is 19.3 Å². The molecule has 1 aromatic carbocycles. The lowest BCUT2D eigenvalue weighted by molar-refractivity contribution is -0.122. The van der Waals surface area contributed by atoms with Crippen molar-refractivity contribution in [1.82, 2.24) is 14.3 Å². The van der Waals surface area contributed by atoms with Gasteiger partial charge in [0.05, 0.1) is 16.7 Å². The summed E-state index contributed by atoms with van der Waals surface area (Å²) in [5, 5.41) is 3.54. The number of fused-ring (bicyclic) bond motifs is 4. The zero-order valence-corrected chi connectivity index (χ0v) is 17.9. The number of nitrogens with zero attached hydrogens (tertiary/aromatic N) is 2. The van der Waals surface area contributed by atoms with Gasteiger partial charge >= 0.3 is 0 Å². The van der Waals surface area contributed by atoms with E-state index in [-0.39, 0.29) is 11.8 Å². The molecule has 2 amide bonds. The molecule has 0 fully saturated rings. The van der Waals surface area contributed by atoms with E-state index in [0.717, 1.165) is 52.4 Å². The van der Waals surface area contributed by atoms with Crippen LogP contribution >= 0.6 is 0 Å². The summed E-state index contributed by atoms with van der Waals surface area (Å²) in [6.45, 7) is 0.616. The highest BCUT2D eigenvalue weighted by Gasteiger charge is 2.38. The molecule has 4 aromatic rings. The summed E-state index contributed by atoms with van der Waals surface area (Å²) < 4.78 is 4.18. The van der Waals surface area contributed by atoms with Gasteiger partial charge in [-0.1, -0.05) is 24.3 Å². The molecule has 0 spiro atoms. The van der Waals surface area contributed by atoms with Crippen molar-refractivity contribution >= 4 is 39.4 Å². The van der Waals surface area contributed by atoms with Crippen LogP contribution in [0.4, 0.5) is 0 Å². The molecule has 1 unspecified atom stereocenters. The Morgan fingerprint density at radius 1 is 1.03 bits per heavy atom. The molecule has 6 rings (SSSR count). The van der Waals surface area contributed by atoms with Gasteiger partial charge < -0.3 is 14.7 Å². The van der Waals surface area contributed by atoms with Crippen LogP contribution in [-0.4, -0.2) is 27.3 Å². The van der Waals surface area contributed by atoms with E-state index in [1.807, 2.05) is 66.5 Å². The van der Waals surface area contributed by atoms with Gasteiger partial charge in [0, 0.05) is 47.2 Å². The van der Waals surface area contributed by atoms with Crippen molar-refractivity contribution in [2.24, 2.45) is 18.7 Å². The predicted molar refractivity (Wildman–Crippen MR) is 125 cm³/mol. The molecule has 2 aliphatic rings. The van der Waals surface area contributed by atoms with E-state index in [9.17, 15) is 9.59 Å². The van der Waals surface area contributed by atoms with E-state index < -0.39 is 0 Å². The van der Waals surface area contributed by atoms with Crippen LogP contribution in [0, 0.1) is 5.92 Å². The van der Waals surface area contributed by atoms with Gasteiger partial charge in [-0.2, -0.15) is 0 Å². The molecular formula is C26H24N4O2. The molecule has 160 valence electrons. The van der Waals surface area contributed by atoms with Crippen LogP contribution in [0.1, 0.15) is 28.8 Å². The zero-order chi connectivity index (χ0) is 22.0. The lowest BCUT2D eigenvalue weighted by Crippen LogP contribution is -2.24. The smallest absolute Gasteiger partial charge is 0.259 e. The van der Waals surface area contributed by atoms with Crippen LogP contribution in [0.5, 0.6) is 0 Å². The zero-order valence-electron chi connectivity index (χ0n) is 17.9. The Balaban J connectivity index is 1.71. The van der Waals surface area contributed by atoms with Gasteiger partial charge in [-0.05, 0) is 55.5 Å². The number of carbonyl (C=O) groups is 2. The number of hydrogen-bond acceptors (Lipinski definition) is 3. The van der Waals surface area contributed by atoms with Crippen LogP contribution in [0.15, 0.2) is 54.9 Å². The minimum absolute atomic E-state index is 0.327. The Bertz CT molecular complexity index is 1470. The largest absolute Gasteiger partial charge is 0.350 e. The van der Waals surface area contributed by atoms with E-state index in [4.69, 9.17) is 5.73 Å². The number of benzene rings is 1. The van der Waals surface area contributed by atoms with E-state index in [1.54, 1.807) is 0 Å². The molecule has 6 nitrogen and oxygen atoms in total. The van der Waals surface area contributed by atoms with Crippen LogP contribution in [0.3, 0.4) is 0 Å². The highest BCUT2D eigenvalue weighted by atomic mass is 16.2. The maximum Gasteiger partial charge on any atom is 0.259 e. The standard InChI is InChI=1S/C26H24N4O2/c1-29-14-18(16-6-2-3-7-19(16)29)23-24(26(32)28-25(23)31)22-17-12-15(13-27)9-10-20(17)30-11-5-4-8-21(22)30/h2-8,11,14-15H,9-10,12-13,27H2,1H3,(H,28,31,32). The molecule has 4 heterocycles. The van der Waals surface area contributed by atoms with E-state index in [0.29, 0.717) is 23.6 Å². The molecule has 1 aliphatic carbocycles. The molecule has 0 radical (unpaired) electrons. The maximum atomic E-state index is 13.3. The second-order valence-corrected chi connectivity index (χ2v) is 8.80. The summed E-state index contributed by atoms with van der Waals surface area (Å²) in [5.41, 5.74) is 13.0. The minimum Gasteiger partial charge on any atom is -0.350 e. The van der Waals surface area contributed by atoms with Crippen LogP contribution in [-0.2, 0) is 29.5 Å². The van der Waals surface area contributed by atoms with Crippen molar-refractivity contribution in [1.29, 1.82) is 0 Å². The number of aryl methyl sites for hydroxylation is 2. The minimum atomic E-state index is -0.337. The third-order valence-electron chi connectivity index (χ3n) is 7.02. The lowest BCUT2D eigenvalue weighted by atomic mass is 9.83. The van der Waals surface area contributed by atoms with Gasteiger partial charge in [0.2, 0.25) is 0 Å². The Hall–Kier alpha value is -3.64. The van der Waals surface area contributed by atoms with E-state index >= 15 is 0 Å². The highest BCUT2D eigenvalue weighted by Crippen LogP contribution is 2.42. The number of rotatable bonds is 3. The fourth-order valence-corrected chi connectivity index (χ4v) is 5.52. The number of nitrogens with two attached hydrogens (primary N) is 1. The van der Waals surface area contributed by atoms with Crippen molar-refractivity contribution in [3.05, 3.63) is 77.2 Å². The predicted octanol–water partition coefficient (Wildman–Crippen LogP) is 3.06. The first kappa shape index (κ1) is 19.1. The third-order valence-corrected chi connectivity index (χ3v) is 7.02. The molecule has 1 aliphatic heterocycles. The number of pyridine rings is 1. The Morgan fingerprint density at radius 3 is 2.62 bits per heavy atom. The number of carbonyl (C=O) groups excluding carboxylic acids is 2. The number of hydrogen-bond donors (Lipinski definition) is 2. The van der Waals surface area contributed by atoms with Gasteiger partial charge in [0.1, 0.15) is 0 Å². The van der Waals surface area contributed by atoms with Gasteiger partial charge in [-0.3, -0.25) is 14.9 Å². The molecule has 0 bridgehead atoms. The molecule has 32 heavy (non-hydrogen) atoms. The Morgan fingerprint density at radius 2 is 1.78 bits per heavy atom. The van der Waals surface area contributed by atoms with Gasteiger partial charge in [-0.25, -0.2) is 0 Å². The van der Waals surface area contributed by atoms with Gasteiger partial charge in [0.25, 0.3) is 11.8 Å². The fraction of sp³-hybridized carbons (Fsp3) is 0.231. The van der Waals surface area contributed by atoms with Crippen LogP contribution in [0.2, 0.25) is 0 Å². The van der Waals surface area contributed by atoms with E-state index in [2.05, 4.69) is 9.72 Å². The van der Waals surface area contributed by atoms with Crippen molar-refractivity contribution in [3.8, 4) is 0 Å². The van der Waals surface area contributed by atoms with Crippen LogP contribution in [0.25, 0.3) is 27.6 Å². The fourth-order valence-electron chi connectivity index (χ4n) is 5.52. The summed E-state index contributed by atoms with van der Waals surface area (Å²) in [6, 6.07) is 14.0. The van der Waals surface area contributed by atoms with Crippen LogP contribution < -0.4 is 11.1 Å². The topological polar surface area (TPSA) is 81.5 Å². The SMILES string of the molecule is Cn1cc(C2=C(c3c4c(n5ccccc35)CCC(CN)C4)C(=O)NC2=O)c2ccccc21. The summed E-state index contributed by atoms with van der Waals surface area (Å²) in [4.78, 5) is 26.4. The number of amides is 2. The molecule has 3 aromatic heterocycles. The van der Waals surface area contributed by atoms with E-state index in [1.165, 1.54) is 5.69 Å². The summed E-state index contributed by atoms with van der Waals surface area (Å²) >= 11 is 0. The molecule has 1 atom stereocenters. The quantitative estimate of drug-likeness (QED) is 0.496. The maximum absolute atomic E-state index is 13.3. The van der Waals surface area contributed by atoms with Crippen molar-refractivity contribution in [3.63, 3.8) is 0 Å². The Labute approximate surface area is 185 Å². The first-order valence-corrected chi connectivity index (χ1v) is 11.0. The first-order valence-electron chi connectivity index (χ1n) is 11.0. The third kappa shape index (κ3) is 2.56. The monoisotopic (exact) mass is 424 g/mol. The molecule has 3 N–H and O–H groups in total. The average molecular weight is 425 g/mol. The van der Waals surface area contributed by atoms with Crippen molar-refractivity contribution < 1.29 is 9.59 Å². The second-order valence-electron chi connectivity index (χ2n) is 8.80. The van der Waals surface area contributed by atoms with Crippen molar-refractivity contribution in [2.75, 3.05) is 6.54 Å². The molecule has 0 saturated carbocycles. The lowest BCUT2D eigenvalue weighted by Gasteiger charge is -2.22. The molecular weight excluding hydrogens is 400 g/mol. The summed E-state index contributed by atoms with van der Waals surface area (Å²) in [7, 11) is 1.96. The first-order chi connectivity index (χ1) is 15.6. The number of para-hydroxylation sites is 1. The summed E-state index contributed by atoms with van der Waals surface area (Å²) in [5.74, 6) is -0.288. The normalized spacial score (nSPS) is 18.6. The Kier molecular flexibility index (Phi) is 4.13.